The van der Waals surface area contributed by atoms with E-state index in [0.29, 0.717) is 17.3 Å². The van der Waals surface area contributed by atoms with Gasteiger partial charge in [-0.05, 0) is 30.7 Å². The highest BCUT2D eigenvalue weighted by atomic mass is 35.5. The number of primary sulfonamides is 1. The fourth-order valence-corrected chi connectivity index (χ4v) is 2.56. The van der Waals surface area contributed by atoms with E-state index in [1.54, 1.807) is 0 Å². The standard InChI is InChI=1S/C14H15ClN2O2S/c1-10-3-2-4-11(7-10)9-17-14-8-12(20(16,18)19)5-6-13(14)15/h2-8,17H,9H2,1H3,(H2,16,18,19). The van der Waals surface area contributed by atoms with Gasteiger partial charge in [-0.15, -0.1) is 0 Å². The minimum atomic E-state index is -3.73. The monoisotopic (exact) mass is 310 g/mol. The lowest BCUT2D eigenvalue weighted by molar-refractivity contribution is 0.598. The molecule has 0 saturated heterocycles. The number of nitrogens with two attached hydrogens (primary N) is 1. The Bertz CT molecular complexity index is 730. The summed E-state index contributed by atoms with van der Waals surface area (Å²) in [7, 11) is -3.73. The summed E-state index contributed by atoms with van der Waals surface area (Å²) in [6.45, 7) is 2.56. The van der Waals surface area contributed by atoms with E-state index in [-0.39, 0.29) is 4.90 Å². The van der Waals surface area contributed by atoms with Gasteiger partial charge in [0.2, 0.25) is 10.0 Å². The molecular formula is C14H15ClN2O2S. The minimum absolute atomic E-state index is 0.0358. The molecule has 0 fully saturated rings. The average Bonchev–Trinajstić information content (AvgIpc) is 2.36. The third-order valence-corrected chi connectivity index (χ3v) is 4.07. The molecule has 0 radical (unpaired) electrons. The van der Waals surface area contributed by atoms with Crippen LogP contribution in [0.5, 0.6) is 0 Å². The number of halogens is 1. The van der Waals surface area contributed by atoms with E-state index in [9.17, 15) is 8.42 Å². The van der Waals surface area contributed by atoms with Crippen molar-refractivity contribution in [2.24, 2.45) is 5.14 Å². The Morgan fingerprint density at radius 3 is 2.60 bits per heavy atom. The smallest absolute Gasteiger partial charge is 0.238 e. The summed E-state index contributed by atoms with van der Waals surface area (Å²) in [4.78, 5) is 0.0358. The first kappa shape index (κ1) is 14.8. The van der Waals surface area contributed by atoms with Crippen molar-refractivity contribution in [3.05, 3.63) is 58.6 Å². The van der Waals surface area contributed by atoms with Gasteiger partial charge in [0.25, 0.3) is 0 Å². The van der Waals surface area contributed by atoms with Crippen LogP contribution in [-0.4, -0.2) is 8.42 Å². The summed E-state index contributed by atoms with van der Waals surface area (Å²) >= 11 is 6.05. The zero-order valence-electron chi connectivity index (χ0n) is 10.9. The van der Waals surface area contributed by atoms with Crippen LogP contribution >= 0.6 is 11.6 Å². The van der Waals surface area contributed by atoms with Gasteiger partial charge in [-0.25, -0.2) is 13.6 Å². The Balaban J connectivity index is 2.21. The topological polar surface area (TPSA) is 72.2 Å². The predicted octanol–water partition coefficient (Wildman–Crippen LogP) is 2.91. The highest BCUT2D eigenvalue weighted by Gasteiger charge is 2.10. The lowest BCUT2D eigenvalue weighted by Crippen LogP contribution is -2.12. The van der Waals surface area contributed by atoms with E-state index < -0.39 is 10.0 Å². The van der Waals surface area contributed by atoms with E-state index in [4.69, 9.17) is 16.7 Å². The van der Waals surface area contributed by atoms with Crippen molar-refractivity contribution in [1.29, 1.82) is 0 Å². The number of rotatable bonds is 4. The maximum Gasteiger partial charge on any atom is 0.238 e. The van der Waals surface area contributed by atoms with Crippen LogP contribution in [0, 0.1) is 6.92 Å². The van der Waals surface area contributed by atoms with Gasteiger partial charge in [0.05, 0.1) is 15.6 Å². The lowest BCUT2D eigenvalue weighted by atomic mass is 10.1. The molecule has 3 N–H and O–H groups in total. The highest BCUT2D eigenvalue weighted by Crippen LogP contribution is 2.25. The molecule has 106 valence electrons. The van der Waals surface area contributed by atoms with Crippen LogP contribution in [0.4, 0.5) is 5.69 Å². The van der Waals surface area contributed by atoms with Crippen LogP contribution in [-0.2, 0) is 16.6 Å². The summed E-state index contributed by atoms with van der Waals surface area (Å²) in [6, 6.07) is 12.3. The van der Waals surface area contributed by atoms with Gasteiger partial charge in [-0.1, -0.05) is 41.4 Å². The maximum absolute atomic E-state index is 11.3. The number of benzene rings is 2. The first-order valence-corrected chi connectivity index (χ1v) is 7.90. The van der Waals surface area contributed by atoms with Gasteiger partial charge in [0.15, 0.2) is 0 Å². The van der Waals surface area contributed by atoms with Gasteiger partial charge in [-0.2, -0.15) is 0 Å². The van der Waals surface area contributed by atoms with Crippen molar-refractivity contribution >= 4 is 27.3 Å². The molecule has 6 heteroatoms. The number of nitrogens with one attached hydrogen (secondary N) is 1. The van der Waals surface area contributed by atoms with Crippen LogP contribution in [0.25, 0.3) is 0 Å². The van der Waals surface area contributed by atoms with E-state index in [1.807, 2.05) is 31.2 Å². The summed E-state index contributed by atoms with van der Waals surface area (Å²) in [5, 5.41) is 8.67. The zero-order chi connectivity index (χ0) is 14.8. The fraction of sp³-hybridized carbons (Fsp3) is 0.143. The second kappa shape index (κ2) is 5.83. The lowest BCUT2D eigenvalue weighted by Gasteiger charge is -2.10. The van der Waals surface area contributed by atoms with Gasteiger partial charge in [-0.3, -0.25) is 0 Å². The van der Waals surface area contributed by atoms with Crippen molar-refractivity contribution in [3.63, 3.8) is 0 Å². The molecule has 0 aliphatic heterocycles. The molecule has 0 atom stereocenters. The van der Waals surface area contributed by atoms with Crippen LogP contribution < -0.4 is 10.5 Å². The van der Waals surface area contributed by atoms with Crippen LogP contribution in [0.2, 0.25) is 5.02 Å². The molecule has 0 spiro atoms. The fourth-order valence-electron chi connectivity index (χ4n) is 1.84. The van der Waals surface area contributed by atoms with Gasteiger partial charge >= 0.3 is 0 Å². The largest absolute Gasteiger partial charge is 0.380 e. The molecule has 2 aromatic rings. The summed E-state index contributed by atoms with van der Waals surface area (Å²) < 4.78 is 22.6. The van der Waals surface area contributed by atoms with Crippen molar-refractivity contribution in [1.82, 2.24) is 0 Å². The number of aryl methyl sites for hydroxylation is 1. The quantitative estimate of drug-likeness (QED) is 0.912. The molecule has 0 unspecified atom stereocenters. The molecule has 0 aliphatic carbocycles. The SMILES string of the molecule is Cc1cccc(CNc2cc(S(N)(=O)=O)ccc2Cl)c1. The Kier molecular flexibility index (Phi) is 4.32. The molecule has 0 heterocycles. The van der Waals surface area contributed by atoms with E-state index >= 15 is 0 Å². The Hall–Kier alpha value is -1.56. The third kappa shape index (κ3) is 3.72. The van der Waals surface area contributed by atoms with Gasteiger partial charge in [0, 0.05) is 6.54 Å². The second-order valence-corrected chi connectivity index (χ2v) is 6.50. The summed E-state index contributed by atoms with van der Waals surface area (Å²) in [5.74, 6) is 0. The maximum atomic E-state index is 11.3. The molecule has 0 aromatic heterocycles. The molecule has 0 saturated carbocycles. The van der Waals surface area contributed by atoms with Crippen LogP contribution in [0.15, 0.2) is 47.4 Å². The molecule has 0 bridgehead atoms. The van der Waals surface area contributed by atoms with Crippen LogP contribution in [0.3, 0.4) is 0 Å². The first-order chi connectivity index (χ1) is 9.36. The van der Waals surface area contributed by atoms with Crippen molar-refractivity contribution in [2.45, 2.75) is 18.4 Å². The molecule has 2 rings (SSSR count). The number of hydrogen-bond acceptors (Lipinski definition) is 3. The Morgan fingerprint density at radius 1 is 1.20 bits per heavy atom. The second-order valence-electron chi connectivity index (χ2n) is 4.53. The first-order valence-electron chi connectivity index (χ1n) is 5.98. The molecular weight excluding hydrogens is 296 g/mol. The average molecular weight is 311 g/mol. The minimum Gasteiger partial charge on any atom is -0.380 e. The summed E-state index contributed by atoms with van der Waals surface area (Å²) in [5.41, 5.74) is 2.79. The van der Waals surface area contributed by atoms with Crippen molar-refractivity contribution in [2.75, 3.05) is 5.32 Å². The van der Waals surface area contributed by atoms with E-state index in [2.05, 4.69) is 5.32 Å². The molecule has 0 aliphatic rings. The number of hydrogen-bond donors (Lipinski definition) is 2. The van der Waals surface area contributed by atoms with Crippen molar-refractivity contribution in [3.8, 4) is 0 Å². The molecule has 20 heavy (non-hydrogen) atoms. The van der Waals surface area contributed by atoms with Gasteiger partial charge < -0.3 is 5.32 Å². The predicted molar refractivity (Wildman–Crippen MR) is 81.3 cm³/mol. The van der Waals surface area contributed by atoms with Crippen molar-refractivity contribution < 1.29 is 8.42 Å². The highest BCUT2D eigenvalue weighted by molar-refractivity contribution is 7.89. The number of anilines is 1. The number of sulfonamides is 1. The zero-order valence-corrected chi connectivity index (χ0v) is 12.5. The normalized spacial score (nSPS) is 11.3. The van der Waals surface area contributed by atoms with E-state index in [0.717, 1.165) is 11.1 Å². The third-order valence-electron chi connectivity index (χ3n) is 2.83. The van der Waals surface area contributed by atoms with E-state index in [1.165, 1.54) is 18.2 Å². The summed E-state index contributed by atoms with van der Waals surface area (Å²) in [6.07, 6.45) is 0. The molecule has 4 nitrogen and oxygen atoms in total. The van der Waals surface area contributed by atoms with Gasteiger partial charge in [0.1, 0.15) is 0 Å². The Labute approximate surface area is 123 Å². The molecule has 0 amide bonds. The Morgan fingerprint density at radius 2 is 1.95 bits per heavy atom. The molecule has 2 aromatic carbocycles. The van der Waals surface area contributed by atoms with Crippen LogP contribution in [0.1, 0.15) is 11.1 Å².